The average molecular weight is 242 g/mol. The van der Waals surface area contributed by atoms with Gasteiger partial charge >= 0.3 is 0 Å². The van der Waals surface area contributed by atoms with Crippen LogP contribution in [0.3, 0.4) is 0 Å². The maximum Gasteiger partial charge on any atom is 0.141 e. The summed E-state index contributed by atoms with van der Waals surface area (Å²) in [7, 11) is 2.22. The summed E-state index contributed by atoms with van der Waals surface area (Å²) in [6, 6.07) is 0. The quantitative estimate of drug-likeness (QED) is 0.770. The molecule has 1 spiro atoms. The Morgan fingerprint density at radius 2 is 2.17 bits per heavy atom. The molecular weight excluding hydrogens is 224 g/mol. The molecule has 3 heterocycles. The molecule has 2 aromatic rings. The van der Waals surface area contributed by atoms with Gasteiger partial charge in [0.15, 0.2) is 0 Å². The number of nitrogens with zero attached hydrogens (tertiary/aromatic N) is 3. The Bertz CT molecular complexity index is 595. The number of hydrogen-bond acceptors (Lipinski definition) is 3. The molecule has 0 unspecified atom stereocenters. The molecule has 0 atom stereocenters. The molecule has 94 valence electrons. The van der Waals surface area contributed by atoms with Gasteiger partial charge in [0.1, 0.15) is 12.0 Å². The summed E-state index contributed by atoms with van der Waals surface area (Å²) in [5, 5.41) is 1.25. The van der Waals surface area contributed by atoms with Gasteiger partial charge in [0.25, 0.3) is 0 Å². The van der Waals surface area contributed by atoms with E-state index in [1.165, 1.54) is 48.9 Å². The van der Waals surface area contributed by atoms with Crippen molar-refractivity contribution in [2.24, 2.45) is 0 Å². The fourth-order valence-corrected chi connectivity index (χ4v) is 4.09. The Morgan fingerprint density at radius 3 is 3.00 bits per heavy atom. The Labute approximate surface area is 106 Å². The van der Waals surface area contributed by atoms with Crippen LogP contribution >= 0.6 is 0 Å². The van der Waals surface area contributed by atoms with Gasteiger partial charge in [-0.15, -0.1) is 0 Å². The van der Waals surface area contributed by atoms with E-state index in [2.05, 4.69) is 26.9 Å². The highest BCUT2D eigenvalue weighted by Crippen LogP contribution is 2.47. The van der Waals surface area contributed by atoms with Crippen LogP contribution in [0.4, 0.5) is 0 Å². The topological polar surface area (TPSA) is 44.8 Å². The number of H-pyrrole nitrogens is 1. The Hall–Kier alpha value is -1.42. The monoisotopic (exact) mass is 242 g/mol. The zero-order chi connectivity index (χ0) is 12.2. The maximum absolute atomic E-state index is 4.38. The molecule has 4 rings (SSSR count). The highest BCUT2D eigenvalue weighted by Gasteiger charge is 2.43. The number of fused-ring (bicyclic) bond motifs is 4. The molecule has 4 heteroatoms. The van der Waals surface area contributed by atoms with Crippen LogP contribution in [0.15, 0.2) is 12.5 Å². The minimum Gasteiger partial charge on any atom is -0.342 e. The smallest absolute Gasteiger partial charge is 0.141 e. The van der Waals surface area contributed by atoms with Crippen molar-refractivity contribution in [1.29, 1.82) is 0 Å². The first-order chi connectivity index (χ1) is 8.78. The molecule has 1 aliphatic heterocycles. The number of rotatable bonds is 0. The van der Waals surface area contributed by atoms with Crippen LogP contribution < -0.4 is 0 Å². The molecule has 0 amide bonds. The lowest BCUT2D eigenvalue weighted by molar-refractivity contribution is 0.212. The molecule has 0 radical (unpaired) electrons. The third-order valence-corrected chi connectivity index (χ3v) is 4.64. The van der Waals surface area contributed by atoms with Crippen molar-refractivity contribution < 1.29 is 0 Å². The van der Waals surface area contributed by atoms with Gasteiger partial charge in [-0.3, -0.25) is 4.90 Å². The van der Waals surface area contributed by atoms with Crippen molar-refractivity contribution in [3.63, 3.8) is 0 Å². The summed E-state index contributed by atoms with van der Waals surface area (Å²) in [4.78, 5) is 14.5. The van der Waals surface area contributed by atoms with E-state index in [9.17, 15) is 0 Å². The second kappa shape index (κ2) is 3.54. The lowest BCUT2D eigenvalue weighted by atomic mass is 9.75. The van der Waals surface area contributed by atoms with Crippen LogP contribution in [0.5, 0.6) is 0 Å². The van der Waals surface area contributed by atoms with Crippen molar-refractivity contribution in [3.05, 3.63) is 23.8 Å². The highest BCUT2D eigenvalue weighted by molar-refractivity contribution is 5.82. The molecule has 2 aromatic heterocycles. The molecule has 4 nitrogen and oxygen atoms in total. The van der Waals surface area contributed by atoms with Crippen molar-refractivity contribution >= 4 is 11.0 Å². The van der Waals surface area contributed by atoms with Gasteiger partial charge in [-0.05, 0) is 25.5 Å². The van der Waals surface area contributed by atoms with Crippen LogP contribution in [0.25, 0.3) is 11.0 Å². The summed E-state index contributed by atoms with van der Waals surface area (Å²) >= 11 is 0. The van der Waals surface area contributed by atoms with Crippen LogP contribution in [-0.2, 0) is 12.0 Å². The molecule has 0 aromatic carbocycles. The molecule has 2 aliphatic rings. The summed E-state index contributed by atoms with van der Waals surface area (Å²) < 4.78 is 0. The predicted molar refractivity (Wildman–Crippen MR) is 70.4 cm³/mol. The van der Waals surface area contributed by atoms with Gasteiger partial charge in [0, 0.05) is 35.8 Å². The fraction of sp³-hybridized carbons (Fsp3) is 0.571. The lowest BCUT2D eigenvalue weighted by Crippen LogP contribution is -2.41. The standard InChI is InChI=1S/C14H18N4/c1-18-7-11-12(14(8-18)4-2-3-5-14)10-6-15-9-16-13(10)17-11/h6,9H,2-5,7-8H2,1H3,(H,15,16,17). The molecule has 1 N–H and O–H groups in total. The Balaban J connectivity index is 2.01. The third kappa shape index (κ3) is 1.29. The van der Waals surface area contributed by atoms with E-state index in [0.717, 1.165) is 12.2 Å². The van der Waals surface area contributed by atoms with Gasteiger partial charge in [-0.2, -0.15) is 0 Å². The second-order valence-electron chi connectivity index (χ2n) is 5.92. The molecule has 18 heavy (non-hydrogen) atoms. The molecule has 0 bridgehead atoms. The van der Waals surface area contributed by atoms with Gasteiger partial charge in [-0.25, -0.2) is 9.97 Å². The Morgan fingerprint density at radius 1 is 1.33 bits per heavy atom. The summed E-state index contributed by atoms with van der Waals surface area (Å²) in [5.74, 6) is 0. The maximum atomic E-state index is 4.38. The van der Waals surface area contributed by atoms with Gasteiger partial charge in [0.05, 0.1) is 0 Å². The van der Waals surface area contributed by atoms with Gasteiger partial charge < -0.3 is 4.98 Å². The van der Waals surface area contributed by atoms with Crippen molar-refractivity contribution in [2.75, 3.05) is 13.6 Å². The van der Waals surface area contributed by atoms with E-state index in [1.807, 2.05) is 6.20 Å². The first kappa shape index (κ1) is 10.5. The normalized spacial score (nSPS) is 22.7. The van der Waals surface area contributed by atoms with Crippen molar-refractivity contribution in [1.82, 2.24) is 19.9 Å². The number of hydrogen-bond donors (Lipinski definition) is 1. The fourth-order valence-electron chi connectivity index (χ4n) is 4.09. The first-order valence-electron chi connectivity index (χ1n) is 6.78. The minimum absolute atomic E-state index is 0.352. The minimum atomic E-state index is 0.352. The van der Waals surface area contributed by atoms with Gasteiger partial charge in [0.2, 0.25) is 0 Å². The van der Waals surface area contributed by atoms with Crippen molar-refractivity contribution in [2.45, 2.75) is 37.6 Å². The van der Waals surface area contributed by atoms with E-state index >= 15 is 0 Å². The van der Waals surface area contributed by atoms with E-state index < -0.39 is 0 Å². The predicted octanol–water partition coefficient (Wildman–Crippen LogP) is 2.22. The van der Waals surface area contributed by atoms with Crippen LogP contribution in [0.2, 0.25) is 0 Å². The largest absolute Gasteiger partial charge is 0.342 e. The molecule has 1 saturated carbocycles. The number of aromatic nitrogens is 3. The molecule has 1 fully saturated rings. The summed E-state index contributed by atoms with van der Waals surface area (Å²) in [6.07, 6.45) is 8.96. The molecular formula is C14H18N4. The number of nitrogens with one attached hydrogen (secondary N) is 1. The second-order valence-corrected chi connectivity index (χ2v) is 5.92. The zero-order valence-electron chi connectivity index (χ0n) is 10.7. The molecule has 0 saturated heterocycles. The van der Waals surface area contributed by atoms with Crippen LogP contribution in [0.1, 0.15) is 36.9 Å². The summed E-state index contributed by atoms with van der Waals surface area (Å²) in [6.45, 7) is 2.19. The zero-order valence-corrected chi connectivity index (χ0v) is 10.7. The number of likely N-dealkylation sites (N-methyl/N-ethyl adjacent to an activating group) is 1. The van der Waals surface area contributed by atoms with Gasteiger partial charge in [-0.1, -0.05) is 12.8 Å². The van der Waals surface area contributed by atoms with Crippen molar-refractivity contribution in [3.8, 4) is 0 Å². The number of aromatic amines is 1. The van der Waals surface area contributed by atoms with E-state index in [0.29, 0.717) is 5.41 Å². The summed E-state index contributed by atoms with van der Waals surface area (Å²) in [5.41, 5.74) is 4.25. The van der Waals surface area contributed by atoms with Crippen LogP contribution in [-0.4, -0.2) is 33.4 Å². The highest BCUT2D eigenvalue weighted by atomic mass is 15.1. The lowest BCUT2D eigenvalue weighted by Gasteiger charge is -2.39. The van der Waals surface area contributed by atoms with Crippen LogP contribution in [0, 0.1) is 0 Å². The third-order valence-electron chi connectivity index (χ3n) is 4.64. The first-order valence-corrected chi connectivity index (χ1v) is 6.78. The Kier molecular flexibility index (Phi) is 2.07. The average Bonchev–Trinajstić information content (AvgIpc) is 2.93. The SMILES string of the molecule is CN1Cc2[nH]c3ncncc3c2C2(CCCC2)C1. The van der Waals surface area contributed by atoms with E-state index in [-0.39, 0.29) is 0 Å². The van der Waals surface area contributed by atoms with E-state index in [4.69, 9.17) is 0 Å². The van der Waals surface area contributed by atoms with E-state index in [1.54, 1.807) is 6.33 Å². The molecule has 1 aliphatic carbocycles.